The third-order valence-electron chi connectivity index (χ3n) is 3.87. The molecule has 1 heterocycles. The Hall–Kier alpha value is -1.07. The van der Waals surface area contributed by atoms with Crippen molar-refractivity contribution in [3.8, 4) is 5.75 Å². The number of likely N-dealkylation sites (N-methyl/N-ethyl adjacent to an activating group) is 1. The van der Waals surface area contributed by atoms with Gasteiger partial charge in [0.15, 0.2) is 0 Å². The van der Waals surface area contributed by atoms with E-state index in [0.717, 1.165) is 41.9 Å². The number of carbonyl (C=O) groups excluding carboxylic acids is 1. The van der Waals surface area contributed by atoms with E-state index in [1.165, 1.54) is 5.56 Å². The van der Waals surface area contributed by atoms with E-state index in [4.69, 9.17) is 4.74 Å². The summed E-state index contributed by atoms with van der Waals surface area (Å²) < 4.78 is 6.77. The summed E-state index contributed by atoms with van der Waals surface area (Å²) in [4.78, 5) is 14.1. The quantitative estimate of drug-likeness (QED) is 0.853. The standard InChI is InChI=1S/C16H23BrN2O2/c1-4-19(5-2)16(20)11(3)18-10-13-9-14(17)8-12-6-7-21-15(12)13/h8-9,11,18H,4-7,10H2,1-3H3. The number of fused-ring (bicyclic) bond motifs is 1. The first kappa shape index (κ1) is 16.3. The van der Waals surface area contributed by atoms with Crippen molar-refractivity contribution in [3.05, 3.63) is 27.7 Å². The fourth-order valence-electron chi connectivity index (χ4n) is 2.64. The highest BCUT2D eigenvalue weighted by Gasteiger charge is 2.20. The molecule has 1 aromatic rings. The summed E-state index contributed by atoms with van der Waals surface area (Å²) >= 11 is 3.54. The van der Waals surface area contributed by atoms with E-state index in [0.29, 0.717) is 6.54 Å². The van der Waals surface area contributed by atoms with Crippen LogP contribution < -0.4 is 10.1 Å². The first-order valence-electron chi connectivity index (χ1n) is 7.53. The highest BCUT2D eigenvalue weighted by atomic mass is 79.9. The van der Waals surface area contributed by atoms with Crippen LogP contribution in [0.25, 0.3) is 0 Å². The number of nitrogens with one attached hydrogen (secondary N) is 1. The Morgan fingerprint density at radius 1 is 1.43 bits per heavy atom. The number of nitrogens with zero attached hydrogens (tertiary/aromatic N) is 1. The Morgan fingerprint density at radius 3 is 2.81 bits per heavy atom. The highest BCUT2D eigenvalue weighted by Crippen LogP contribution is 2.32. The van der Waals surface area contributed by atoms with Gasteiger partial charge in [-0.25, -0.2) is 0 Å². The zero-order valence-corrected chi connectivity index (χ0v) is 14.5. The van der Waals surface area contributed by atoms with Gasteiger partial charge in [-0.15, -0.1) is 0 Å². The smallest absolute Gasteiger partial charge is 0.239 e. The van der Waals surface area contributed by atoms with Crippen molar-refractivity contribution in [3.63, 3.8) is 0 Å². The molecule has 21 heavy (non-hydrogen) atoms. The van der Waals surface area contributed by atoms with Crippen LogP contribution in [-0.2, 0) is 17.8 Å². The zero-order chi connectivity index (χ0) is 15.4. The van der Waals surface area contributed by atoms with Gasteiger partial charge in [0.2, 0.25) is 5.91 Å². The third-order valence-corrected chi connectivity index (χ3v) is 4.33. The minimum atomic E-state index is -0.194. The first-order valence-corrected chi connectivity index (χ1v) is 8.32. The van der Waals surface area contributed by atoms with E-state index < -0.39 is 0 Å². The van der Waals surface area contributed by atoms with Crippen LogP contribution in [0.2, 0.25) is 0 Å². The van der Waals surface area contributed by atoms with Crippen LogP contribution in [-0.4, -0.2) is 36.5 Å². The van der Waals surface area contributed by atoms with Gasteiger partial charge in [0.1, 0.15) is 5.75 Å². The van der Waals surface area contributed by atoms with Crippen LogP contribution >= 0.6 is 15.9 Å². The summed E-state index contributed by atoms with van der Waals surface area (Å²) in [6.07, 6.45) is 0.954. The minimum Gasteiger partial charge on any atom is -0.493 e. The van der Waals surface area contributed by atoms with Crippen molar-refractivity contribution in [2.75, 3.05) is 19.7 Å². The van der Waals surface area contributed by atoms with Crippen LogP contribution in [0, 0.1) is 0 Å². The molecule has 116 valence electrons. The van der Waals surface area contributed by atoms with Crippen molar-refractivity contribution in [1.29, 1.82) is 0 Å². The summed E-state index contributed by atoms with van der Waals surface area (Å²) in [5.74, 6) is 1.13. The monoisotopic (exact) mass is 354 g/mol. The number of hydrogen-bond donors (Lipinski definition) is 1. The molecule has 0 bridgehead atoms. The molecule has 0 radical (unpaired) electrons. The number of amides is 1. The molecule has 0 aliphatic carbocycles. The molecule has 5 heteroatoms. The van der Waals surface area contributed by atoms with E-state index in [1.807, 2.05) is 25.7 Å². The average Bonchev–Trinajstić information content (AvgIpc) is 2.93. The number of hydrogen-bond acceptors (Lipinski definition) is 3. The summed E-state index contributed by atoms with van der Waals surface area (Å²) in [6.45, 7) is 8.79. The van der Waals surface area contributed by atoms with Gasteiger partial charge in [-0.3, -0.25) is 4.79 Å². The lowest BCUT2D eigenvalue weighted by Gasteiger charge is -2.23. The number of benzene rings is 1. The zero-order valence-electron chi connectivity index (χ0n) is 12.9. The second-order valence-corrected chi connectivity index (χ2v) is 6.18. The first-order chi connectivity index (χ1) is 10.1. The van der Waals surface area contributed by atoms with Crippen molar-refractivity contribution in [2.24, 2.45) is 0 Å². The molecule has 0 saturated heterocycles. The summed E-state index contributed by atoms with van der Waals surface area (Å²) in [7, 11) is 0. The molecule has 2 rings (SSSR count). The van der Waals surface area contributed by atoms with Gasteiger partial charge in [-0.05, 0) is 38.5 Å². The molecule has 1 amide bonds. The largest absolute Gasteiger partial charge is 0.493 e. The maximum atomic E-state index is 12.3. The molecule has 1 atom stereocenters. The molecule has 1 aliphatic rings. The number of ether oxygens (including phenoxy) is 1. The van der Waals surface area contributed by atoms with E-state index in [1.54, 1.807) is 0 Å². The van der Waals surface area contributed by atoms with Crippen molar-refractivity contribution in [1.82, 2.24) is 10.2 Å². The van der Waals surface area contributed by atoms with Gasteiger partial charge in [0, 0.05) is 36.1 Å². The van der Waals surface area contributed by atoms with Crippen LogP contribution in [0.1, 0.15) is 31.9 Å². The molecule has 4 nitrogen and oxygen atoms in total. The molecule has 0 spiro atoms. The number of carbonyl (C=O) groups is 1. The lowest BCUT2D eigenvalue weighted by Crippen LogP contribution is -2.44. The van der Waals surface area contributed by atoms with Crippen LogP contribution in [0.4, 0.5) is 0 Å². The van der Waals surface area contributed by atoms with Gasteiger partial charge < -0.3 is 15.0 Å². The van der Waals surface area contributed by atoms with Crippen molar-refractivity contribution < 1.29 is 9.53 Å². The van der Waals surface area contributed by atoms with Gasteiger partial charge in [-0.1, -0.05) is 15.9 Å². The lowest BCUT2D eigenvalue weighted by atomic mass is 10.1. The van der Waals surface area contributed by atoms with Crippen molar-refractivity contribution >= 4 is 21.8 Å². The highest BCUT2D eigenvalue weighted by molar-refractivity contribution is 9.10. The van der Waals surface area contributed by atoms with Crippen LogP contribution in [0.3, 0.4) is 0 Å². The molecule has 0 fully saturated rings. The Kier molecular flexibility index (Phi) is 5.65. The van der Waals surface area contributed by atoms with E-state index in [2.05, 4.69) is 33.4 Å². The maximum Gasteiger partial charge on any atom is 0.239 e. The second-order valence-electron chi connectivity index (χ2n) is 5.26. The molecule has 1 aliphatic heterocycles. The molecule has 0 saturated carbocycles. The third kappa shape index (κ3) is 3.77. The van der Waals surface area contributed by atoms with Crippen LogP contribution in [0.5, 0.6) is 5.75 Å². The topological polar surface area (TPSA) is 41.6 Å². The number of halogens is 1. The Morgan fingerprint density at radius 2 is 2.14 bits per heavy atom. The Labute approximate surface area is 135 Å². The van der Waals surface area contributed by atoms with Gasteiger partial charge >= 0.3 is 0 Å². The molecule has 1 N–H and O–H groups in total. The normalized spacial score (nSPS) is 14.5. The van der Waals surface area contributed by atoms with E-state index in [-0.39, 0.29) is 11.9 Å². The molecular weight excluding hydrogens is 332 g/mol. The van der Waals surface area contributed by atoms with E-state index >= 15 is 0 Å². The molecular formula is C16H23BrN2O2. The van der Waals surface area contributed by atoms with Gasteiger partial charge in [0.05, 0.1) is 12.6 Å². The van der Waals surface area contributed by atoms with E-state index in [9.17, 15) is 4.79 Å². The Balaban J connectivity index is 2.02. The second kappa shape index (κ2) is 7.27. The minimum absolute atomic E-state index is 0.146. The summed E-state index contributed by atoms with van der Waals surface area (Å²) in [5, 5.41) is 3.31. The maximum absolute atomic E-state index is 12.3. The molecule has 1 aromatic carbocycles. The lowest BCUT2D eigenvalue weighted by molar-refractivity contribution is -0.132. The SMILES string of the molecule is CCN(CC)C(=O)C(C)NCc1cc(Br)cc2c1OCC2. The van der Waals surface area contributed by atoms with Gasteiger partial charge in [0.25, 0.3) is 0 Å². The molecule has 1 unspecified atom stereocenters. The Bertz CT molecular complexity index is 515. The van der Waals surface area contributed by atoms with Gasteiger partial charge in [-0.2, -0.15) is 0 Å². The molecule has 0 aromatic heterocycles. The number of rotatable bonds is 6. The summed E-state index contributed by atoms with van der Waals surface area (Å²) in [6, 6.07) is 3.98. The van der Waals surface area contributed by atoms with Crippen molar-refractivity contribution in [2.45, 2.75) is 39.8 Å². The predicted octanol–water partition coefficient (Wildman–Crippen LogP) is 2.73. The fraction of sp³-hybridized carbons (Fsp3) is 0.562. The average molecular weight is 355 g/mol. The predicted molar refractivity (Wildman–Crippen MR) is 87.6 cm³/mol. The fourth-order valence-corrected chi connectivity index (χ4v) is 3.19. The summed E-state index contributed by atoms with van der Waals surface area (Å²) in [5.41, 5.74) is 2.35. The van der Waals surface area contributed by atoms with Crippen LogP contribution in [0.15, 0.2) is 16.6 Å².